The Morgan fingerprint density at radius 3 is 2.33 bits per heavy atom. The molecule has 10 heteroatoms. The molecule has 0 radical (unpaired) electrons. The second kappa shape index (κ2) is 8.95. The van der Waals surface area contributed by atoms with E-state index in [1.165, 1.54) is 0 Å². The number of rotatable bonds is 4. The maximum absolute atomic E-state index is 12.6. The fraction of sp³-hybridized carbons (Fsp3) is 0.750. The van der Waals surface area contributed by atoms with Gasteiger partial charge in [0.25, 0.3) is 0 Å². The van der Waals surface area contributed by atoms with E-state index < -0.39 is 17.3 Å². The van der Waals surface area contributed by atoms with Crippen LogP contribution in [0.1, 0.15) is 45.6 Å². The van der Waals surface area contributed by atoms with Gasteiger partial charge in [0.1, 0.15) is 5.60 Å². The molecule has 7 nitrogen and oxygen atoms in total. The van der Waals surface area contributed by atoms with E-state index in [4.69, 9.17) is 4.74 Å². The summed E-state index contributed by atoms with van der Waals surface area (Å²) in [6.07, 6.45) is -0.293. The molecule has 0 bridgehead atoms. The minimum atomic E-state index is -4.43. The Bertz CT molecular complexity index is 713. The number of likely N-dealkylation sites (tertiary alicyclic amines) is 2. The van der Waals surface area contributed by atoms with Crippen LogP contribution in [-0.2, 0) is 10.9 Å². The zero-order chi connectivity index (χ0) is 21.9. The average molecular weight is 429 g/mol. The number of hydrogen-bond donors (Lipinski definition) is 1. The van der Waals surface area contributed by atoms with E-state index in [2.05, 4.69) is 20.2 Å². The van der Waals surface area contributed by atoms with Gasteiger partial charge in [0.2, 0.25) is 5.95 Å². The van der Waals surface area contributed by atoms with Gasteiger partial charge in [0.05, 0.1) is 5.56 Å². The molecule has 2 fully saturated rings. The maximum atomic E-state index is 12.6. The molecule has 0 spiro atoms. The number of carbonyl (C=O) groups excluding carboxylic acids is 1. The summed E-state index contributed by atoms with van der Waals surface area (Å²) in [5, 5.41) is 3.13. The highest BCUT2D eigenvalue weighted by atomic mass is 19.4. The fourth-order valence-electron chi connectivity index (χ4n) is 3.84. The monoisotopic (exact) mass is 429 g/mol. The number of nitrogens with one attached hydrogen (secondary N) is 1. The molecule has 2 aliphatic rings. The van der Waals surface area contributed by atoms with Crippen LogP contribution in [0.15, 0.2) is 12.4 Å². The van der Waals surface area contributed by atoms with Crippen LogP contribution in [0.5, 0.6) is 0 Å². The normalized spacial score (nSPS) is 21.7. The number of nitrogens with zero attached hydrogens (tertiary/aromatic N) is 4. The number of ether oxygens (including phenoxy) is 1. The predicted octanol–water partition coefficient (Wildman–Crippen LogP) is 3.63. The number of halogens is 3. The van der Waals surface area contributed by atoms with E-state index in [0.29, 0.717) is 19.0 Å². The first-order valence-corrected chi connectivity index (χ1v) is 10.4. The number of aromatic nitrogens is 2. The van der Waals surface area contributed by atoms with Crippen molar-refractivity contribution in [1.82, 2.24) is 19.8 Å². The van der Waals surface area contributed by atoms with Crippen molar-refractivity contribution in [2.24, 2.45) is 5.92 Å². The topological polar surface area (TPSA) is 70.6 Å². The van der Waals surface area contributed by atoms with E-state index in [9.17, 15) is 18.0 Å². The van der Waals surface area contributed by atoms with Gasteiger partial charge in [0, 0.05) is 51.2 Å². The molecule has 0 saturated carbocycles. The second-order valence-electron chi connectivity index (χ2n) is 9.09. The molecule has 0 unspecified atom stereocenters. The second-order valence-corrected chi connectivity index (χ2v) is 9.09. The zero-order valence-electron chi connectivity index (χ0n) is 17.7. The van der Waals surface area contributed by atoms with E-state index >= 15 is 0 Å². The van der Waals surface area contributed by atoms with E-state index in [1.807, 2.05) is 20.8 Å². The smallest absolute Gasteiger partial charge is 0.419 e. The van der Waals surface area contributed by atoms with Crippen molar-refractivity contribution in [2.75, 3.05) is 38.0 Å². The van der Waals surface area contributed by atoms with Gasteiger partial charge < -0.3 is 19.9 Å². The molecule has 1 atom stereocenters. The molecular weight excluding hydrogens is 399 g/mol. The highest BCUT2D eigenvalue weighted by molar-refractivity contribution is 5.68. The zero-order valence-corrected chi connectivity index (χ0v) is 17.7. The Labute approximate surface area is 175 Å². The van der Waals surface area contributed by atoms with Crippen molar-refractivity contribution in [3.8, 4) is 0 Å². The molecule has 1 aromatic rings. The van der Waals surface area contributed by atoms with Crippen LogP contribution in [-0.4, -0.2) is 70.2 Å². The molecule has 30 heavy (non-hydrogen) atoms. The summed E-state index contributed by atoms with van der Waals surface area (Å²) in [4.78, 5) is 23.9. The van der Waals surface area contributed by atoms with Crippen LogP contribution in [0.3, 0.4) is 0 Å². The lowest BCUT2D eigenvalue weighted by atomic mass is 9.96. The Kier molecular flexibility index (Phi) is 6.74. The summed E-state index contributed by atoms with van der Waals surface area (Å²) >= 11 is 0. The minimum Gasteiger partial charge on any atom is -0.444 e. The predicted molar refractivity (Wildman–Crippen MR) is 106 cm³/mol. The third-order valence-electron chi connectivity index (χ3n) is 5.37. The summed E-state index contributed by atoms with van der Waals surface area (Å²) in [6, 6.07) is 0.114. The summed E-state index contributed by atoms with van der Waals surface area (Å²) in [6.45, 7) is 9.68. The quantitative estimate of drug-likeness (QED) is 0.788. The first-order valence-electron chi connectivity index (χ1n) is 10.4. The van der Waals surface area contributed by atoms with Crippen molar-refractivity contribution < 1.29 is 22.7 Å². The molecule has 0 aliphatic carbocycles. The number of amides is 1. The Morgan fingerprint density at radius 1 is 1.13 bits per heavy atom. The first-order chi connectivity index (χ1) is 14.0. The molecule has 0 aromatic carbocycles. The standard InChI is InChI=1S/C20H30F3N5O2/c1-19(2,3)30-18(29)28-8-4-14(5-9-28)12-27-7-6-16(13-27)26-17-24-10-15(11-25-17)20(21,22)23/h10-11,14,16H,4-9,12-13H2,1-3H3,(H,24,25,26)/t16-/m1/s1. The van der Waals surface area contributed by atoms with E-state index in [0.717, 1.165) is 51.3 Å². The Balaban J connectivity index is 1.40. The molecule has 1 N–H and O–H groups in total. The largest absolute Gasteiger partial charge is 0.444 e. The molecule has 3 heterocycles. The van der Waals surface area contributed by atoms with Crippen LogP contribution in [0.25, 0.3) is 0 Å². The van der Waals surface area contributed by atoms with Gasteiger partial charge in [-0.05, 0) is 46.0 Å². The maximum Gasteiger partial charge on any atom is 0.419 e. The molecule has 2 saturated heterocycles. The summed E-state index contributed by atoms with van der Waals surface area (Å²) in [7, 11) is 0. The van der Waals surface area contributed by atoms with Crippen LogP contribution in [0.4, 0.5) is 23.9 Å². The molecule has 3 rings (SSSR count). The third kappa shape index (κ3) is 6.45. The lowest BCUT2D eigenvalue weighted by Crippen LogP contribution is -2.43. The van der Waals surface area contributed by atoms with Crippen molar-refractivity contribution >= 4 is 12.0 Å². The van der Waals surface area contributed by atoms with Crippen LogP contribution >= 0.6 is 0 Å². The molecule has 1 aromatic heterocycles. The molecular formula is C20H30F3N5O2. The summed E-state index contributed by atoms with van der Waals surface area (Å²) in [5.74, 6) is 0.741. The van der Waals surface area contributed by atoms with Gasteiger partial charge in [-0.3, -0.25) is 0 Å². The number of alkyl halides is 3. The van der Waals surface area contributed by atoms with Gasteiger partial charge in [-0.25, -0.2) is 14.8 Å². The Hall–Kier alpha value is -2.10. The molecule has 168 valence electrons. The van der Waals surface area contributed by atoms with Crippen molar-refractivity contribution in [3.63, 3.8) is 0 Å². The van der Waals surface area contributed by atoms with Gasteiger partial charge in [-0.1, -0.05) is 0 Å². The lowest BCUT2D eigenvalue weighted by molar-refractivity contribution is -0.138. The van der Waals surface area contributed by atoms with Crippen LogP contribution in [0.2, 0.25) is 0 Å². The minimum absolute atomic E-state index is 0.114. The SMILES string of the molecule is CC(C)(C)OC(=O)N1CCC(CN2CC[C@@H](Nc3ncc(C(F)(F)F)cn3)C2)CC1. The van der Waals surface area contributed by atoms with E-state index in [1.54, 1.807) is 4.90 Å². The third-order valence-corrected chi connectivity index (χ3v) is 5.37. The molecule has 1 amide bonds. The fourth-order valence-corrected chi connectivity index (χ4v) is 3.84. The molecule has 2 aliphatic heterocycles. The van der Waals surface area contributed by atoms with Crippen molar-refractivity contribution in [3.05, 3.63) is 18.0 Å². The number of anilines is 1. The van der Waals surface area contributed by atoms with E-state index in [-0.39, 0.29) is 18.1 Å². The first kappa shape index (κ1) is 22.6. The highest BCUT2D eigenvalue weighted by Gasteiger charge is 2.32. The van der Waals surface area contributed by atoms with Gasteiger partial charge in [0.15, 0.2) is 0 Å². The lowest BCUT2D eigenvalue weighted by Gasteiger charge is -2.34. The number of carbonyl (C=O) groups is 1. The van der Waals surface area contributed by atoms with Crippen LogP contribution < -0.4 is 5.32 Å². The van der Waals surface area contributed by atoms with Crippen molar-refractivity contribution in [2.45, 2.75) is 57.9 Å². The van der Waals surface area contributed by atoms with Gasteiger partial charge in [-0.2, -0.15) is 13.2 Å². The van der Waals surface area contributed by atoms with Gasteiger partial charge in [-0.15, -0.1) is 0 Å². The van der Waals surface area contributed by atoms with Crippen molar-refractivity contribution in [1.29, 1.82) is 0 Å². The highest BCUT2D eigenvalue weighted by Crippen LogP contribution is 2.28. The summed E-state index contributed by atoms with van der Waals surface area (Å²) < 4.78 is 43.2. The number of piperidine rings is 1. The Morgan fingerprint density at radius 2 is 1.77 bits per heavy atom. The number of hydrogen-bond acceptors (Lipinski definition) is 6. The average Bonchev–Trinajstić information content (AvgIpc) is 3.07. The van der Waals surface area contributed by atoms with Gasteiger partial charge >= 0.3 is 12.3 Å². The van der Waals surface area contributed by atoms with Crippen LogP contribution in [0, 0.1) is 5.92 Å². The summed E-state index contributed by atoms with van der Waals surface area (Å²) in [5.41, 5.74) is -1.33.